The molecule has 3 rings (SSSR count). The van der Waals surface area contributed by atoms with E-state index in [1.54, 1.807) is 48.0 Å². The molecule has 164 valence electrons. The van der Waals surface area contributed by atoms with E-state index in [-0.39, 0.29) is 24.5 Å². The highest BCUT2D eigenvalue weighted by Gasteiger charge is 2.22. The van der Waals surface area contributed by atoms with E-state index in [0.29, 0.717) is 27.6 Å². The van der Waals surface area contributed by atoms with Gasteiger partial charge >= 0.3 is 6.01 Å². The van der Waals surface area contributed by atoms with E-state index in [2.05, 4.69) is 20.4 Å². The first-order chi connectivity index (χ1) is 14.6. The quantitative estimate of drug-likeness (QED) is 0.243. The lowest BCUT2D eigenvalue weighted by Crippen LogP contribution is -2.39. The highest BCUT2D eigenvalue weighted by Crippen LogP contribution is 2.28. The second-order valence-corrected chi connectivity index (χ2v) is 8.29. The molecule has 10 nitrogen and oxygen atoms in total. The van der Waals surface area contributed by atoms with Gasteiger partial charge in [0.05, 0.1) is 16.2 Å². The van der Waals surface area contributed by atoms with E-state index in [9.17, 15) is 4.79 Å². The standard InChI is InChI=1S/C20H25ClN8O2/c1-20(2,3)17(30)25-15-10-5-7-12(24-15)11-31-19-26-16-13(21)8-6-9-14(16)29(19)18(27-22)28(4)23/h5-10H,11,22-23H2,1-4H3,(H,24,25,30)/b27-18+. The summed E-state index contributed by atoms with van der Waals surface area (Å²) in [6.45, 7) is 5.56. The third-order valence-electron chi connectivity index (χ3n) is 4.31. The fourth-order valence-corrected chi connectivity index (χ4v) is 2.92. The zero-order valence-electron chi connectivity index (χ0n) is 17.8. The second-order valence-electron chi connectivity index (χ2n) is 7.88. The fraction of sp³-hybridized carbons (Fsp3) is 0.300. The van der Waals surface area contributed by atoms with E-state index in [0.717, 1.165) is 0 Å². The van der Waals surface area contributed by atoms with Crippen LogP contribution in [0.3, 0.4) is 0 Å². The molecule has 2 heterocycles. The van der Waals surface area contributed by atoms with Gasteiger partial charge in [-0.25, -0.2) is 15.4 Å². The Morgan fingerprint density at radius 1 is 1.26 bits per heavy atom. The molecular formula is C20H25ClN8O2. The Morgan fingerprint density at radius 3 is 2.61 bits per heavy atom. The van der Waals surface area contributed by atoms with Crippen molar-refractivity contribution in [2.75, 3.05) is 12.4 Å². The summed E-state index contributed by atoms with van der Waals surface area (Å²) in [7, 11) is 1.59. The highest BCUT2D eigenvalue weighted by molar-refractivity contribution is 6.35. The van der Waals surface area contributed by atoms with Crippen LogP contribution in [-0.2, 0) is 11.4 Å². The molecule has 0 spiro atoms. The molecule has 0 aliphatic rings. The molecule has 0 saturated carbocycles. The van der Waals surface area contributed by atoms with E-state index in [4.69, 9.17) is 28.0 Å². The lowest BCUT2D eigenvalue weighted by Gasteiger charge is -2.18. The Kier molecular flexibility index (Phi) is 6.32. The van der Waals surface area contributed by atoms with Gasteiger partial charge in [0.2, 0.25) is 11.9 Å². The van der Waals surface area contributed by atoms with E-state index >= 15 is 0 Å². The Hall–Kier alpha value is -3.37. The number of aromatic nitrogens is 3. The minimum absolute atomic E-state index is 0.0757. The number of carbonyl (C=O) groups is 1. The number of benzene rings is 1. The zero-order chi connectivity index (χ0) is 22.8. The van der Waals surface area contributed by atoms with Crippen molar-refractivity contribution in [2.24, 2.45) is 22.2 Å². The Bertz CT molecular complexity index is 1130. The van der Waals surface area contributed by atoms with Crippen molar-refractivity contribution < 1.29 is 9.53 Å². The molecule has 1 aromatic carbocycles. The third-order valence-corrected chi connectivity index (χ3v) is 4.62. The molecule has 0 atom stereocenters. The van der Waals surface area contributed by atoms with Gasteiger partial charge in [0.1, 0.15) is 17.9 Å². The molecule has 2 aromatic heterocycles. The number of hydrogen-bond acceptors (Lipinski definition) is 7. The van der Waals surface area contributed by atoms with Gasteiger partial charge in [-0.3, -0.25) is 9.80 Å². The van der Waals surface area contributed by atoms with Gasteiger partial charge in [-0.1, -0.05) is 44.5 Å². The van der Waals surface area contributed by atoms with Gasteiger partial charge in [-0.2, -0.15) is 4.98 Å². The molecule has 1 amide bonds. The first-order valence-electron chi connectivity index (χ1n) is 9.45. The monoisotopic (exact) mass is 444 g/mol. The van der Waals surface area contributed by atoms with Crippen LogP contribution in [0.15, 0.2) is 41.5 Å². The van der Waals surface area contributed by atoms with Gasteiger partial charge in [0, 0.05) is 12.5 Å². The van der Waals surface area contributed by atoms with Crippen LogP contribution in [0.1, 0.15) is 26.5 Å². The number of halogens is 1. The number of imidazole rings is 1. The summed E-state index contributed by atoms with van der Waals surface area (Å²) in [5.74, 6) is 11.9. The number of amides is 1. The summed E-state index contributed by atoms with van der Waals surface area (Å²) >= 11 is 6.29. The van der Waals surface area contributed by atoms with Gasteiger partial charge in [-0.15, -0.1) is 5.10 Å². The van der Waals surface area contributed by atoms with Crippen molar-refractivity contribution in [2.45, 2.75) is 27.4 Å². The molecule has 0 aliphatic heterocycles. The van der Waals surface area contributed by atoms with Crippen molar-refractivity contribution >= 4 is 40.3 Å². The first kappa shape index (κ1) is 22.3. The lowest BCUT2D eigenvalue weighted by atomic mass is 9.96. The maximum absolute atomic E-state index is 12.2. The number of hydrogen-bond donors (Lipinski definition) is 3. The number of rotatable bonds is 4. The van der Waals surface area contributed by atoms with Crippen molar-refractivity contribution in [3.8, 4) is 6.01 Å². The molecule has 5 N–H and O–H groups in total. The minimum atomic E-state index is -0.537. The van der Waals surface area contributed by atoms with E-state index < -0.39 is 5.41 Å². The highest BCUT2D eigenvalue weighted by atomic mass is 35.5. The second kappa shape index (κ2) is 8.78. The number of para-hydroxylation sites is 1. The third kappa shape index (κ3) is 4.86. The number of hydrazone groups is 1. The topological polar surface area (TPSA) is 137 Å². The SMILES string of the molecule is CN(N)/C(=N\N)n1c(OCc2cccc(NC(=O)C(C)(C)C)n2)nc2c(Cl)cccc21. The van der Waals surface area contributed by atoms with Crippen LogP contribution in [0.5, 0.6) is 6.01 Å². The zero-order valence-corrected chi connectivity index (χ0v) is 18.5. The molecule has 0 fully saturated rings. The number of nitrogens with one attached hydrogen (secondary N) is 1. The van der Waals surface area contributed by atoms with Crippen molar-refractivity contribution in [3.05, 3.63) is 47.1 Å². The average molecular weight is 445 g/mol. The molecule has 0 unspecified atom stereocenters. The van der Waals surface area contributed by atoms with Crippen molar-refractivity contribution in [1.82, 2.24) is 19.5 Å². The number of hydrazine groups is 1. The van der Waals surface area contributed by atoms with Gasteiger partial charge in [-0.05, 0) is 24.3 Å². The number of carbonyl (C=O) groups excluding carboxylic acids is 1. The Labute approximate surface area is 184 Å². The van der Waals surface area contributed by atoms with Gasteiger partial charge in [0.25, 0.3) is 0 Å². The molecule has 0 radical (unpaired) electrons. The van der Waals surface area contributed by atoms with Gasteiger partial charge in [0.15, 0.2) is 0 Å². The summed E-state index contributed by atoms with van der Waals surface area (Å²) in [4.78, 5) is 21.1. The summed E-state index contributed by atoms with van der Waals surface area (Å²) in [6, 6.07) is 10.8. The van der Waals surface area contributed by atoms with Crippen molar-refractivity contribution in [3.63, 3.8) is 0 Å². The van der Waals surface area contributed by atoms with E-state index in [1.807, 2.05) is 20.8 Å². The number of fused-ring (bicyclic) bond motifs is 1. The maximum atomic E-state index is 12.2. The van der Waals surface area contributed by atoms with Crippen LogP contribution in [0.2, 0.25) is 5.02 Å². The fourth-order valence-electron chi connectivity index (χ4n) is 2.71. The van der Waals surface area contributed by atoms with Crippen molar-refractivity contribution in [1.29, 1.82) is 0 Å². The molecule has 0 bridgehead atoms. The summed E-state index contributed by atoms with van der Waals surface area (Å²) in [6.07, 6.45) is 0. The number of nitrogens with zero attached hydrogens (tertiary/aromatic N) is 5. The summed E-state index contributed by atoms with van der Waals surface area (Å²) in [5.41, 5.74) is 1.19. The lowest BCUT2D eigenvalue weighted by molar-refractivity contribution is -0.123. The average Bonchev–Trinajstić information content (AvgIpc) is 3.06. The molecule has 3 aromatic rings. The first-order valence-corrected chi connectivity index (χ1v) is 9.83. The predicted octanol–water partition coefficient (Wildman–Crippen LogP) is 2.53. The van der Waals surface area contributed by atoms with Gasteiger partial charge < -0.3 is 15.9 Å². The van der Waals surface area contributed by atoms with E-state index in [1.165, 1.54) is 5.01 Å². The van der Waals surface area contributed by atoms with Crippen LogP contribution in [0.25, 0.3) is 11.0 Å². The van der Waals surface area contributed by atoms with Crippen LogP contribution in [0, 0.1) is 5.41 Å². The Morgan fingerprint density at radius 2 is 1.97 bits per heavy atom. The number of anilines is 1. The number of nitrogens with two attached hydrogens (primary N) is 2. The summed E-state index contributed by atoms with van der Waals surface area (Å²) in [5, 5.41) is 8.24. The predicted molar refractivity (Wildman–Crippen MR) is 120 cm³/mol. The normalized spacial score (nSPS) is 12.1. The molecule has 0 aliphatic carbocycles. The molecule has 0 saturated heterocycles. The largest absolute Gasteiger partial charge is 0.458 e. The number of pyridine rings is 1. The molecular weight excluding hydrogens is 420 g/mol. The summed E-state index contributed by atoms with van der Waals surface area (Å²) < 4.78 is 7.48. The van der Waals surface area contributed by atoms with Crippen LogP contribution in [-0.4, -0.2) is 38.5 Å². The Balaban J connectivity index is 1.90. The number of ether oxygens (including phenoxy) is 1. The molecule has 11 heteroatoms. The smallest absolute Gasteiger partial charge is 0.305 e. The molecule has 31 heavy (non-hydrogen) atoms. The van der Waals surface area contributed by atoms with Crippen LogP contribution < -0.4 is 21.7 Å². The maximum Gasteiger partial charge on any atom is 0.305 e. The van der Waals surface area contributed by atoms with Crippen LogP contribution in [0.4, 0.5) is 5.82 Å². The van der Waals surface area contributed by atoms with Crippen LogP contribution >= 0.6 is 11.6 Å². The minimum Gasteiger partial charge on any atom is -0.458 e.